The molecule has 0 amide bonds. The zero-order chi connectivity index (χ0) is 23.1. The van der Waals surface area contributed by atoms with E-state index in [0.717, 1.165) is 11.1 Å². The van der Waals surface area contributed by atoms with Crippen LogP contribution in [-0.4, -0.2) is 37.7 Å². The van der Waals surface area contributed by atoms with Gasteiger partial charge in [0.25, 0.3) is 0 Å². The molecule has 6 heteroatoms. The largest absolute Gasteiger partial charge is 0.465 e. The van der Waals surface area contributed by atoms with E-state index in [0.29, 0.717) is 29.5 Å². The lowest BCUT2D eigenvalue weighted by Gasteiger charge is -2.06. The van der Waals surface area contributed by atoms with E-state index in [1.807, 2.05) is 18.2 Å². The number of ether oxygens (including phenoxy) is 2. The molecule has 162 valence electrons. The molecule has 0 fully saturated rings. The second kappa shape index (κ2) is 10.3. The molecule has 0 aromatic heterocycles. The first kappa shape index (κ1) is 22.6. The van der Waals surface area contributed by atoms with Gasteiger partial charge in [0.2, 0.25) is 11.6 Å². The smallest absolute Gasteiger partial charge is 0.337 e. The van der Waals surface area contributed by atoms with Gasteiger partial charge in [0.1, 0.15) is 0 Å². The molecule has 0 bridgehead atoms. The second-order valence-electron chi connectivity index (χ2n) is 7.12. The molecule has 3 aromatic carbocycles. The average molecular weight is 430 g/mol. The molecular weight excluding hydrogens is 408 g/mol. The van der Waals surface area contributed by atoms with Crippen molar-refractivity contribution in [3.05, 3.63) is 106 Å². The predicted octanol–water partition coefficient (Wildman–Crippen LogP) is 4.11. The van der Waals surface area contributed by atoms with Crippen LogP contribution in [0.15, 0.2) is 72.8 Å². The maximum absolute atomic E-state index is 12.7. The second-order valence-corrected chi connectivity index (χ2v) is 7.12. The fourth-order valence-corrected chi connectivity index (χ4v) is 3.22. The van der Waals surface area contributed by atoms with Crippen LogP contribution in [0.2, 0.25) is 0 Å². The zero-order valence-corrected chi connectivity index (χ0v) is 17.8. The third-order valence-electron chi connectivity index (χ3n) is 5.04. The first-order valence-electron chi connectivity index (χ1n) is 9.96. The number of hydrogen-bond acceptors (Lipinski definition) is 6. The summed E-state index contributed by atoms with van der Waals surface area (Å²) in [4.78, 5) is 48.3. The van der Waals surface area contributed by atoms with Gasteiger partial charge in [-0.2, -0.15) is 0 Å². The van der Waals surface area contributed by atoms with Gasteiger partial charge in [-0.1, -0.05) is 42.5 Å². The van der Waals surface area contributed by atoms with Gasteiger partial charge in [-0.15, -0.1) is 0 Å². The van der Waals surface area contributed by atoms with Gasteiger partial charge in [-0.25, -0.2) is 9.59 Å². The summed E-state index contributed by atoms with van der Waals surface area (Å²) in [5.74, 6) is -2.15. The number of rotatable bonds is 8. The van der Waals surface area contributed by atoms with Crippen molar-refractivity contribution in [2.75, 3.05) is 14.2 Å². The third-order valence-corrected chi connectivity index (χ3v) is 5.04. The summed E-state index contributed by atoms with van der Waals surface area (Å²) in [6, 6.07) is 19.9. The molecular formula is C26H22O6. The van der Waals surface area contributed by atoms with E-state index in [1.54, 1.807) is 30.3 Å². The Balaban J connectivity index is 1.67. The molecule has 0 radical (unpaired) electrons. The van der Waals surface area contributed by atoms with Crippen LogP contribution in [0.3, 0.4) is 0 Å². The molecule has 0 aliphatic carbocycles. The molecule has 0 saturated heterocycles. The number of Topliss-reactive ketones (excluding diaryl/α,β-unsaturated/α-hetero) is 2. The monoisotopic (exact) mass is 430 g/mol. The van der Waals surface area contributed by atoms with Crippen molar-refractivity contribution in [1.29, 1.82) is 0 Å². The Labute approximate surface area is 185 Å². The molecule has 6 nitrogen and oxygen atoms in total. The molecule has 3 aromatic rings. The number of ketones is 2. The number of benzene rings is 3. The Bertz CT molecular complexity index is 1140. The molecule has 0 heterocycles. The highest BCUT2D eigenvalue weighted by atomic mass is 16.5. The van der Waals surface area contributed by atoms with E-state index < -0.39 is 17.5 Å². The highest BCUT2D eigenvalue weighted by molar-refractivity contribution is 6.49. The van der Waals surface area contributed by atoms with Crippen LogP contribution in [0.25, 0.3) is 0 Å². The molecule has 3 rings (SSSR count). The molecule has 0 spiro atoms. The Morgan fingerprint density at radius 1 is 0.562 bits per heavy atom. The summed E-state index contributed by atoms with van der Waals surface area (Å²) >= 11 is 0. The lowest BCUT2D eigenvalue weighted by Crippen LogP contribution is -2.15. The summed E-state index contributed by atoms with van der Waals surface area (Å²) in [7, 11) is 2.61. The molecule has 0 atom stereocenters. The van der Waals surface area contributed by atoms with Crippen LogP contribution in [0, 0.1) is 0 Å². The predicted molar refractivity (Wildman–Crippen MR) is 118 cm³/mol. The number of methoxy groups -OCH3 is 2. The number of carbonyl (C=O) groups excluding carboxylic acids is 4. The number of esters is 2. The fraction of sp³-hybridized carbons (Fsp3) is 0.154. The number of carbonyl (C=O) groups is 4. The lowest BCUT2D eigenvalue weighted by molar-refractivity contribution is 0.0592. The van der Waals surface area contributed by atoms with E-state index in [2.05, 4.69) is 4.74 Å². The van der Waals surface area contributed by atoms with Gasteiger partial charge < -0.3 is 9.47 Å². The Morgan fingerprint density at radius 2 is 1.03 bits per heavy atom. The fourth-order valence-electron chi connectivity index (χ4n) is 3.22. The van der Waals surface area contributed by atoms with Crippen LogP contribution in [0.4, 0.5) is 0 Å². The van der Waals surface area contributed by atoms with Crippen molar-refractivity contribution >= 4 is 23.5 Å². The molecule has 0 unspecified atom stereocenters. The van der Waals surface area contributed by atoms with Crippen molar-refractivity contribution in [3.63, 3.8) is 0 Å². The van der Waals surface area contributed by atoms with Gasteiger partial charge in [0.05, 0.1) is 25.3 Å². The van der Waals surface area contributed by atoms with Crippen LogP contribution < -0.4 is 0 Å². The molecule has 0 aliphatic heterocycles. The van der Waals surface area contributed by atoms with E-state index in [1.165, 1.54) is 38.5 Å². The lowest BCUT2D eigenvalue weighted by atomic mass is 9.97. The molecule has 0 saturated carbocycles. The minimum Gasteiger partial charge on any atom is -0.465 e. The quantitative estimate of drug-likeness (QED) is 0.304. The zero-order valence-electron chi connectivity index (χ0n) is 17.8. The first-order chi connectivity index (χ1) is 15.4. The van der Waals surface area contributed by atoms with Gasteiger partial charge in [0, 0.05) is 11.1 Å². The summed E-state index contributed by atoms with van der Waals surface area (Å²) in [6.45, 7) is 0. The van der Waals surface area contributed by atoms with Gasteiger partial charge in [-0.3, -0.25) is 9.59 Å². The average Bonchev–Trinajstić information content (AvgIpc) is 2.86. The van der Waals surface area contributed by atoms with E-state index in [-0.39, 0.29) is 11.5 Å². The first-order valence-corrected chi connectivity index (χ1v) is 9.96. The van der Waals surface area contributed by atoms with Crippen LogP contribution in [0.1, 0.15) is 52.6 Å². The van der Waals surface area contributed by atoms with Crippen LogP contribution in [-0.2, 0) is 22.3 Å². The van der Waals surface area contributed by atoms with Gasteiger partial charge in [0.15, 0.2) is 0 Å². The van der Waals surface area contributed by atoms with Crippen molar-refractivity contribution < 1.29 is 28.7 Å². The summed E-state index contributed by atoms with van der Waals surface area (Å²) in [5, 5.41) is 0. The Hall–Kier alpha value is -4.06. The Kier molecular flexibility index (Phi) is 7.29. The maximum atomic E-state index is 12.7. The minimum absolute atomic E-state index is 0.207. The normalized spacial score (nSPS) is 10.3. The van der Waals surface area contributed by atoms with E-state index in [4.69, 9.17) is 4.74 Å². The van der Waals surface area contributed by atoms with E-state index in [9.17, 15) is 19.2 Å². The van der Waals surface area contributed by atoms with E-state index >= 15 is 0 Å². The summed E-state index contributed by atoms with van der Waals surface area (Å²) < 4.78 is 9.33. The van der Waals surface area contributed by atoms with Crippen molar-refractivity contribution in [1.82, 2.24) is 0 Å². The topological polar surface area (TPSA) is 86.7 Å². The van der Waals surface area contributed by atoms with Crippen molar-refractivity contribution in [2.45, 2.75) is 12.8 Å². The van der Waals surface area contributed by atoms with Crippen molar-refractivity contribution in [2.24, 2.45) is 0 Å². The molecule has 0 aliphatic rings. The standard InChI is InChI=1S/C26H22O6/c1-31-25(29)20-10-8-17(9-11-20)6-7-18-4-3-5-22(16-18)24(28)23(27)19-12-14-21(15-13-19)26(30)32-2/h3-5,8-16H,6-7H2,1-2H3. The number of aryl methyl sites for hydroxylation is 2. The molecule has 32 heavy (non-hydrogen) atoms. The summed E-state index contributed by atoms with van der Waals surface area (Å²) in [6.07, 6.45) is 1.38. The minimum atomic E-state index is -0.642. The third kappa shape index (κ3) is 5.35. The SMILES string of the molecule is COC(=O)c1ccc(CCc2cccc(C(=O)C(=O)c3ccc(C(=O)OC)cc3)c2)cc1. The molecule has 0 N–H and O–H groups in total. The van der Waals surface area contributed by atoms with Crippen LogP contribution >= 0.6 is 0 Å². The van der Waals surface area contributed by atoms with Crippen LogP contribution in [0.5, 0.6) is 0 Å². The summed E-state index contributed by atoms with van der Waals surface area (Å²) in [5.41, 5.74) is 3.27. The Morgan fingerprint density at radius 3 is 1.59 bits per heavy atom. The highest BCUT2D eigenvalue weighted by Crippen LogP contribution is 2.15. The highest BCUT2D eigenvalue weighted by Gasteiger charge is 2.19. The van der Waals surface area contributed by atoms with Crippen molar-refractivity contribution in [3.8, 4) is 0 Å². The number of hydrogen-bond donors (Lipinski definition) is 0. The van der Waals surface area contributed by atoms with Gasteiger partial charge in [-0.05, 0) is 54.3 Å². The maximum Gasteiger partial charge on any atom is 0.337 e. The van der Waals surface area contributed by atoms with Gasteiger partial charge >= 0.3 is 11.9 Å².